The number of carboxylic acid groups (broad SMARTS) is 1. The molecule has 0 spiro atoms. The van der Waals surface area contributed by atoms with Crippen LogP contribution in [-0.4, -0.2) is 23.1 Å². The summed E-state index contributed by atoms with van der Waals surface area (Å²) in [6.45, 7) is 4.20. The molecule has 0 aliphatic rings. The van der Waals surface area contributed by atoms with Gasteiger partial charge in [-0.1, -0.05) is 64.5 Å². The third kappa shape index (κ3) is 7.16. The number of carbonyl (C=O) groups excluding carboxylic acids is 1. The fraction of sp³-hybridized carbons (Fsp3) is 0.600. The summed E-state index contributed by atoms with van der Waals surface area (Å²) in [4.78, 5) is 23.5. The van der Waals surface area contributed by atoms with Gasteiger partial charge in [-0.2, -0.15) is 0 Å². The Morgan fingerprint density at radius 2 is 1.54 bits per heavy atom. The van der Waals surface area contributed by atoms with E-state index in [4.69, 9.17) is 9.84 Å². The highest BCUT2D eigenvalue weighted by molar-refractivity contribution is 6.02. The third-order valence-corrected chi connectivity index (χ3v) is 4.24. The van der Waals surface area contributed by atoms with Crippen LogP contribution in [0.15, 0.2) is 24.3 Å². The second-order valence-electron chi connectivity index (χ2n) is 6.20. The second kappa shape index (κ2) is 11.7. The van der Waals surface area contributed by atoms with E-state index in [2.05, 4.69) is 6.92 Å². The van der Waals surface area contributed by atoms with E-state index in [0.717, 1.165) is 25.7 Å². The molecule has 4 heteroatoms. The van der Waals surface area contributed by atoms with Crippen LogP contribution in [0.5, 0.6) is 0 Å². The van der Waals surface area contributed by atoms with E-state index >= 15 is 0 Å². The number of hydrogen-bond acceptors (Lipinski definition) is 3. The first-order valence-corrected chi connectivity index (χ1v) is 9.13. The van der Waals surface area contributed by atoms with Gasteiger partial charge in [-0.25, -0.2) is 9.59 Å². The number of rotatable bonds is 12. The Kier molecular flexibility index (Phi) is 9.81. The van der Waals surface area contributed by atoms with Crippen LogP contribution in [-0.2, 0) is 4.74 Å². The molecule has 24 heavy (non-hydrogen) atoms. The Hall–Kier alpha value is -1.84. The molecule has 4 nitrogen and oxygen atoms in total. The lowest BCUT2D eigenvalue weighted by atomic mass is 10.0. The van der Waals surface area contributed by atoms with E-state index in [-0.39, 0.29) is 17.2 Å². The van der Waals surface area contributed by atoms with Crippen molar-refractivity contribution in [2.24, 2.45) is 0 Å². The van der Waals surface area contributed by atoms with Gasteiger partial charge in [-0.15, -0.1) is 0 Å². The largest absolute Gasteiger partial charge is 0.478 e. The maximum absolute atomic E-state index is 12.3. The zero-order valence-electron chi connectivity index (χ0n) is 14.9. The average molecular weight is 334 g/mol. The van der Waals surface area contributed by atoms with Gasteiger partial charge in [0.05, 0.1) is 11.1 Å². The molecular formula is C20H30O4. The Labute approximate surface area is 145 Å². The molecule has 1 aromatic rings. The highest BCUT2D eigenvalue weighted by Crippen LogP contribution is 2.17. The van der Waals surface area contributed by atoms with Crippen LogP contribution in [0.4, 0.5) is 0 Å². The highest BCUT2D eigenvalue weighted by Gasteiger charge is 2.20. The Balaban J connectivity index is 2.42. The van der Waals surface area contributed by atoms with Crippen molar-refractivity contribution in [2.75, 3.05) is 0 Å². The van der Waals surface area contributed by atoms with E-state index in [1.54, 1.807) is 12.1 Å². The predicted octanol–water partition coefficient (Wildman–Crippen LogP) is 5.46. The minimum atomic E-state index is -1.11. The molecule has 0 heterocycles. The van der Waals surface area contributed by atoms with Crippen molar-refractivity contribution >= 4 is 11.9 Å². The van der Waals surface area contributed by atoms with E-state index in [9.17, 15) is 9.59 Å². The van der Waals surface area contributed by atoms with E-state index in [1.807, 2.05) is 6.92 Å². The first-order valence-electron chi connectivity index (χ1n) is 9.13. The maximum Gasteiger partial charge on any atom is 0.339 e. The van der Waals surface area contributed by atoms with Crippen LogP contribution in [0, 0.1) is 0 Å². The summed E-state index contributed by atoms with van der Waals surface area (Å²) in [5.41, 5.74) is 0.122. The molecule has 1 N–H and O–H groups in total. The molecule has 0 aromatic heterocycles. The quantitative estimate of drug-likeness (QED) is 0.407. The number of carbonyl (C=O) groups is 2. The summed E-state index contributed by atoms with van der Waals surface area (Å²) < 4.78 is 5.52. The van der Waals surface area contributed by atoms with Gasteiger partial charge in [0, 0.05) is 0 Å². The average Bonchev–Trinajstić information content (AvgIpc) is 2.59. The molecule has 1 atom stereocenters. The van der Waals surface area contributed by atoms with Crippen molar-refractivity contribution in [1.82, 2.24) is 0 Å². The number of unbranched alkanes of at least 4 members (excludes halogenated alkanes) is 6. The van der Waals surface area contributed by atoms with Crippen LogP contribution >= 0.6 is 0 Å². The lowest BCUT2D eigenvalue weighted by Gasteiger charge is -2.17. The summed E-state index contributed by atoms with van der Waals surface area (Å²) in [5.74, 6) is -1.65. The summed E-state index contributed by atoms with van der Waals surface area (Å²) in [5, 5.41) is 9.16. The van der Waals surface area contributed by atoms with E-state index < -0.39 is 11.9 Å². The van der Waals surface area contributed by atoms with Crippen molar-refractivity contribution in [1.29, 1.82) is 0 Å². The summed E-state index contributed by atoms with van der Waals surface area (Å²) in [6, 6.07) is 6.19. The molecule has 1 aromatic carbocycles. The monoisotopic (exact) mass is 334 g/mol. The maximum atomic E-state index is 12.3. The molecule has 0 amide bonds. The molecule has 0 bridgehead atoms. The normalized spacial score (nSPS) is 11.9. The second-order valence-corrected chi connectivity index (χ2v) is 6.20. The van der Waals surface area contributed by atoms with Gasteiger partial charge in [-0.3, -0.25) is 0 Å². The molecule has 0 aliphatic heterocycles. The SMILES string of the molecule is CCCCCCCCC[C@@H](CC)OC(=O)c1ccccc1C(=O)O. The molecule has 0 unspecified atom stereocenters. The van der Waals surface area contributed by atoms with Crippen LogP contribution in [0.1, 0.15) is 92.4 Å². The van der Waals surface area contributed by atoms with Gasteiger partial charge >= 0.3 is 11.9 Å². The lowest BCUT2D eigenvalue weighted by molar-refractivity contribution is 0.0262. The predicted molar refractivity (Wildman–Crippen MR) is 95.5 cm³/mol. The van der Waals surface area contributed by atoms with E-state index in [0.29, 0.717) is 0 Å². The molecular weight excluding hydrogens is 304 g/mol. The van der Waals surface area contributed by atoms with Gasteiger partial charge in [0.2, 0.25) is 0 Å². The Morgan fingerprint density at radius 3 is 2.12 bits per heavy atom. The molecule has 0 saturated heterocycles. The molecule has 1 rings (SSSR count). The molecule has 0 saturated carbocycles. The van der Waals surface area contributed by atoms with Crippen molar-refractivity contribution in [3.05, 3.63) is 35.4 Å². The van der Waals surface area contributed by atoms with Gasteiger partial charge in [0.15, 0.2) is 0 Å². The van der Waals surface area contributed by atoms with Gasteiger partial charge < -0.3 is 9.84 Å². The minimum absolute atomic E-state index is 0.00622. The highest BCUT2D eigenvalue weighted by atomic mass is 16.5. The van der Waals surface area contributed by atoms with Crippen molar-refractivity contribution in [2.45, 2.75) is 77.7 Å². The Morgan fingerprint density at radius 1 is 0.958 bits per heavy atom. The minimum Gasteiger partial charge on any atom is -0.478 e. The van der Waals surface area contributed by atoms with Crippen molar-refractivity contribution in [3.8, 4) is 0 Å². The zero-order chi connectivity index (χ0) is 17.8. The van der Waals surface area contributed by atoms with Gasteiger partial charge in [-0.05, 0) is 31.4 Å². The van der Waals surface area contributed by atoms with Crippen LogP contribution in [0.2, 0.25) is 0 Å². The first-order chi connectivity index (χ1) is 11.6. The van der Waals surface area contributed by atoms with Gasteiger partial charge in [0.25, 0.3) is 0 Å². The van der Waals surface area contributed by atoms with Crippen LogP contribution in [0.3, 0.4) is 0 Å². The lowest BCUT2D eigenvalue weighted by Crippen LogP contribution is -2.19. The third-order valence-electron chi connectivity index (χ3n) is 4.24. The Bertz CT molecular complexity index is 510. The smallest absolute Gasteiger partial charge is 0.339 e. The topological polar surface area (TPSA) is 63.6 Å². The standard InChI is InChI=1S/C20H30O4/c1-3-5-6-7-8-9-10-13-16(4-2)24-20(23)18-15-12-11-14-17(18)19(21)22/h11-12,14-16H,3-10,13H2,1-2H3,(H,21,22)/t16-/m1/s1. The van der Waals surface area contributed by atoms with E-state index in [1.165, 1.54) is 44.2 Å². The molecule has 0 fully saturated rings. The molecule has 0 radical (unpaired) electrons. The number of hydrogen-bond donors (Lipinski definition) is 1. The number of aromatic carboxylic acids is 1. The number of benzene rings is 1. The fourth-order valence-corrected chi connectivity index (χ4v) is 2.74. The first kappa shape index (κ1) is 20.2. The summed E-state index contributed by atoms with van der Waals surface area (Å²) >= 11 is 0. The van der Waals surface area contributed by atoms with Crippen molar-refractivity contribution < 1.29 is 19.4 Å². The van der Waals surface area contributed by atoms with Crippen LogP contribution < -0.4 is 0 Å². The van der Waals surface area contributed by atoms with Crippen LogP contribution in [0.25, 0.3) is 0 Å². The molecule has 134 valence electrons. The molecule has 0 aliphatic carbocycles. The number of esters is 1. The zero-order valence-corrected chi connectivity index (χ0v) is 14.9. The number of carboxylic acids is 1. The van der Waals surface area contributed by atoms with Gasteiger partial charge in [0.1, 0.15) is 6.10 Å². The summed E-state index contributed by atoms with van der Waals surface area (Å²) in [7, 11) is 0. The van der Waals surface area contributed by atoms with Crippen molar-refractivity contribution in [3.63, 3.8) is 0 Å². The summed E-state index contributed by atoms with van der Waals surface area (Å²) in [6.07, 6.45) is 10.0. The fourth-order valence-electron chi connectivity index (χ4n) is 2.74. The number of ether oxygens (including phenoxy) is 1.